The Balaban J connectivity index is 2.01. The summed E-state index contributed by atoms with van der Waals surface area (Å²) in [6.07, 6.45) is 2.59. The first-order valence-corrected chi connectivity index (χ1v) is 9.65. The lowest BCUT2D eigenvalue weighted by Gasteiger charge is -2.27. The lowest BCUT2D eigenvalue weighted by molar-refractivity contribution is -0.144. The molecule has 1 aromatic carbocycles. The molecule has 0 spiro atoms. The zero-order chi connectivity index (χ0) is 20.0. The second-order valence-electron chi connectivity index (χ2n) is 7.74. The van der Waals surface area contributed by atoms with Gasteiger partial charge in [-0.3, -0.25) is 9.59 Å². The number of methoxy groups -OCH3 is 1. The normalized spacial score (nSPS) is 20.8. The summed E-state index contributed by atoms with van der Waals surface area (Å²) in [7, 11) is 1.60. The van der Waals surface area contributed by atoms with Crippen LogP contribution in [0.4, 0.5) is 0 Å². The third-order valence-corrected chi connectivity index (χ3v) is 5.01. The van der Waals surface area contributed by atoms with Crippen molar-refractivity contribution in [2.75, 3.05) is 13.7 Å². The van der Waals surface area contributed by atoms with Crippen molar-refractivity contribution in [3.63, 3.8) is 0 Å². The molecule has 6 heteroatoms. The summed E-state index contributed by atoms with van der Waals surface area (Å²) >= 11 is 0. The molecule has 1 aliphatic carbocycles. The van der Waals surface area contributed by atoms with Gasteiger partial charge in [-0.15, -0.1) is 0 Å². The van der Waals surface area contributed by atoms with Gasteiger partial charge in [0, 0.05) is 5.92 Å². The minimum Gasteiger partial charge on any atom is -0.493 e. The van der Waals surface area contributed by atoms with Crippen molar-refractivity contribution in [3.8, 4) is 11.5 Å². The number of benzene rings is 1. The highest BCUT2D eigenvalue weighted by Crippen LogP contribution is 2.32. The van der Waals surface area contributed by atoms with Crippen molar-refractivity contribution in [3.05, 3.63) is 23.8 Å². The predicted octanol–water partition coefficient (Wildman–Crippen LogP) is 3.80. The van der Waals surface area contributed by atoms with E-state index in [9.17, 15) is 14.7 Å². The van der Waals surface area contributed by atoms with Gasteiger partial charge in [0.25, 0.3) is 0 Å². The Hall–Kier alpha value is -2.24. The molecule has 1 amide bonds. The van der Waals surface area contributed by atoms with Gasteiger partial charge >= 0.3 is 5.97 Å². The Morgan fingerprint density at radius 2 is 1.89 bits per heavy atom. The zero-order valence-corrected chi connectivity index (χ0v) is 16.7. The molecule has 1 aliphatic rings. The number of ether oxygens (including phenoxy) is 2. The summed E-state index contributed by atoms with van der Waals surface area (Å²) < 4.78 is 11.2. The molecule has 1 saturated carbocycles. The number of carboxylic acids is 1. The maximum Gasteiger partial charge on any atom is 0.306 e. The third kappa shape index (κ3) is 5.88. The molecule has 2 N–H and O–H groups in total. The molecule has 1 fully saturated rings. The maximum atomic E-state index is 12.6. The Morgan fingerprint density at radius 3 is 2.52 bits per heavy atom. The monoisotopic (exact) mass is 377 g/mol. The van der Waals surface area contributed by atoms with E-state index in [1.165, 1.54) is 0 Å². The van der Waals surface area contributed by atoms with Crippen molar-refractivity contribution in [2.24, 2.45) is 17.8 Å². The highest BCUT2D eigenvalue weighted by atomic mass is 16.5. The van der Waals surface area contributed by atoms with Crippen LogP contribution in [0.5, 0.6) is 11.5 Å². The number of carbonyl (C=O) groups excluding carboxylic acids is 1. The van der Waals surface area contributed by atoms with Crippen molar-refractivity contribution in [2.45, 2.75) is 52.5 Å². The highest BCUT2D eigenvalue weighted by molar-refractivity contribution is 5.80. The van der Waals surface area contributed by atoms with E-state index in [-0.39, 0.29) is 17.9 Å². The van der Waals surface area contributed by atoms with Gasteiger partial charge in [-0.25, -0.2) is 0 Å². The van der Waals surface area contributed by atoms with Crippen LogP contribution in [0.15, 0.2) is 18.2 Å². The van der Waals surface area contributed by atoms with Crippen molar-refractivity contribution in [1.29, 1.82) is 0 Å². The standard InChI is InChI=1S/C21H31NO5/c1-13(2)12-27-18-9-8-15(11-19(18)26-4)14(3)22-20(23)16-6-5-7-17(10-16)21(24)25/h8-9,11,13-14,16-17H,5-7,10,12H2,1-4H3,(H,22,23)(H,24,25). The molecule has 6 nitrogen and oxygen atoms in total. The highest BCUT2D eigenvalue weighted by Gasteiger charge is 2.31. The number of amides is 1. The molecule has 150 valence electrons. The van der Waals surface area contributed by atoms with Crippen molar-refractivity contribution < 1.29 is 24.2 Å². The van der Waals surface area contributed by atoms with Gasteiger partial charge in [-0.1, -0.05) is 26.3 Å². The summed E-state index contributed by atoms with van der Waals surface area (Å²) in [6, 6.07) is 5.46. The first-order valence-electron chi connectivity index (χ1n) is 9.65. The first kappa shape index (κ1) is 21.1. The van der Waals surface area contributed by atoms with Crippen LogP contribution < -0.4 is 14.8 Å². The molecule has 2 rings (SSSR count). The molecule has 3 unspecified atom stereocenters. The molecular weight excluding hydrogens is 346 g/mol. The van der Waals surface area contributed by atoms with E-state index in [1.54, 1.807) is 7.11 Å². The molecule has 3 atom stereocenters. The fourth-order valence-corrected chi connectivity index (χ4v) is 3.40. The van der Waals surface area contributed by atoms with E-state index in [0.29, 0.717) is 36.9 Å². The first-order chi connectivity index (χ1) is 12.8. The van der Waals surface area contributed by atoms with E-state index in [1.807, 2.05) is 25.1 Å². The fraction of sp³-hybridized carbons (Fsp3) is 0.619. The van der Waals surface area contributed by atoms with Crippen LogP contribution in [-0.2, 0) is 9.59 Å². The van der Waals surface area contributed by atoms with Crippen LogP contribution >= 0.6 is 0 Å². The third-order valence-electron chi connectivity index (χ3n) is 5.01. The average Bonchev–Trinajstić information content (AvgIpc) is 2.66. The summed E-state index contributed by atoms with van der Waals surface area (Å²) in [5.41, 5.74) is 0.919. The smallest absolute Gasteiger partial charge is 0.306 e. The van der Waals surface area contributed by atoms with E-state index in [2.05, 4.69) is 19.2 Å². The Kier molecular flexibility index (Phi) is 7.51. The lowest BCUT2D eigenvalue weighted by atomic mass is 9.81. The number of nitrogens with one attached hydrogen (secondary N) is 1. The van der Waals surface area contributed by atoms with Gasteiger partial charge in [0.1, 0.15) is 0 Å². The van der Waals surface area contributed by atoms with E-state index in [0.717, 1.165) is 18.4 Å². The molecule has 0 aliphatic heterocycles. The van der Waals surface area contributed by atoms with E-state index in [4.69, 9.17) is 9.47 Å². The summed E-state index contributed by atoms with van der Waals surface area (Å²) in [4.78, 5) is 23.8. The molecule has 27 heavy (non-hydrogen) atoms. The lowest BCUT2D eigenvalue weighted by Crippen LogP contribution is -2.36. The molecular formula is C21H31NO5. The van der Waals surface area contributed by atoms with E-state index < -0.39 is 11.9 Å². The molecule has 1 aromatic rings. The Labute approximate surface area is 161 Å². The fourth-order valence-electron chi connectivity index (χ4n) is 3.40. The second-order valence-corrected chi connectivity index (χ2v) is 7.74. The van der Waals surface area contributed by atoms with E-state index >= 15 is 0 Å². The van der Waals surface area contributed by atoms with Gasteiger partial charge in [0.2, 0.25) is 5.91 Å². The minimum absolute atomic E-state index is 0.0763. The van der Waals surface area contributed by atoms with Crippen molar-refractivity contribution >= 4 is 11.9 Å². The van der Waals surface area contributed by atoms with Crippen LogP contribution in [0, 0.1) is 17.8 Å². The topological polar surface area (TPSA) is 84.9 Å². The number of rotatable bonds is 8. The predicted molar refractivity (Wildman–Crippen MR) is 103 cm³/mol. The minimum atomic E-state index is -0.803. The second kappa shape index (κ2) is 9.62. The van der Waals surface area contributed by atoms with Crippen LogP contribution in [0.1, 0.15) is 58.1 Å². The number of carbonyl (C=O) groups is 2. The van der Waals surface area contributed by atoms with Crippen LogP contribution in [-0.4, -0.2) is 30.7 Å². The number of aliphatic carboxylic acids is 1. The van der Waals surface area contributed by atoms with Crippen LogP contribution in [0.3, 0.4) is 0 Å². The molecule has 0 radical (unpaired) electrons. The van der Waals surface area contributed by atoms with Gasteiger partial charge in [0.15, 0.2) is 11.5 Å². The molecule has 0 aromatic heterocycles. The summed E-state index contributed by atoms with van der Waals surface area (Å²) in [5, 5.41) is 12.2. The SMILES string of the molecule is COc1cc(C(C)NC(=O)C2CCCC(C(=O)O)C2)ccc1OCC(C)C. The summed E-state index contributed by atoms with van der Waals surface area (Å²) in [6.45, 7) is 6.69. The Bertz CT molecular complexity index is 658. The van der Waals surface area contributed by atoms with Gasteiger partial charge < -0.3 is 19.9 Å². The maximum absolute atomic E-state index is 12.6. The molecule has 0 saturated heterocycles. The van der Waals surface area contributed by atoms with Crippen LogP contribution in [0.25, 0.3) is 0 Å². The number of hydrogen-bond donors (Lipinski definition) is 2. The molecule has 0 heterocycles. The van der Waals surface area contributed by atoms with Crippen LogP contribution in [0.2, 0.25) is 0 Å². The Morgan fingerprint density at radius 1 is 1.19 bits per heavy atom. The average molecular weight is 377 g/mol. The number of carboxylic acid groups (broad SMARTS) is 1. The summed E-state index contributed by atoms with van der Waals surface area (Å²) in [5.74, 6) is 0.204. The zero-order valence-electron chi connectivity index (χ0n) is 16.7. The largest absolute Gasteiger partial charge is 0.493 e. The quantitative estimate of drug-likeness (QED) is 0.720. The van der Waals surface area contributed by atoms with Crippen molar-refractivity contribution in [1.82, 2.24) is 5.32 Å². The molecule has 0 bridgehead atoms. The van der Waals surface area contributed by atoms with Gasteiger partial charge in [0.05, 0.1) is 25.7 Å². The van der Waals surface area contributed by atoms with Gasteiger partial charge in [-0.2, -0.15) is 0 Å². The van der Waals surface area contributed by atoms with Gasteiger partial charge in [-0.05, 0) is 49.8 Å². The number of hydrogen-bond acceptors (Lipinski definition) is 4.